The Kier molecular flexibility index (Phi) is 9.84. The minimum Gasteiger partial charge on any atom is -0.394 e. The standard InChI is InChI=1S/C26H49NO4/c1-8-27(24(30)22-14-19(6)11-12-21(22)17(2)3)25(23(29)16-28)31-20-10-9-13-26(7,15-20)18(4)5/h17-23,25,28-29H,8-16H2,1-7H3. The molecule has 0 radical (unpaired) electrons. The van der Waals surface area contributed by atoms with E-state index in [-0.39, 0.29) is 23.3 Å². The number of carbonyl (C=O) groups excluding carboxylic acids is 1. The van der Waals surface area contributed by atoms with Crippen LogP contribution in [0.4, 0.5) is 0 Å². The summed E-state index contributed by atoms with van der Waals surface area (Å²) in [5.74, 6) is 1.96. The molecule has 1 amide bonds. The summed E-state index contributed by atoms with van der Waals surface area (Å²) in [5, 5.41) is 20.5. The Morgan fingerprint density at radius 3 is 2.42 bits per heavy atom. The second kappa shape index (κ2) is 11.5. The largest absolute Gasteiger partial charge is 0.394 e. The average molecular weight is 440 g/mol. The number of aliphatic hydroxyl groups is 2. The predicted molar refractivity (Wildman–Crippen MR) is 125 cm³/mol. The molecular weight excluding hydrogens is 390 g/mol. The normalized spacial score (nSPS) is 34.0. The van der Waals surface area contributed by atoms with Crippen LogP contribution in [-0.2, 0) is 9.53 Å². The van der Waals surface area contributed by atoms with Crippen LogP contribution in [0.2, 0.25) is 0 Å². The quantitative estimate of drug-likeness (QED) is 0.504. The van der Waals surface area contributed by atoms with Crippen molar-refractivity contribution in [2.24, 2.45) is 35.0 Å². The van der Waals surface area contributed by atoms with Crippen LogP contribution in [0.5, 0.6) is 0 Å². The number of aliphatic hydroxyl groups excluding tert-OH is 2. The lowest BCUT2D eigenvalue weighted by Gasteiger charge is -2.45. The molecule has 2 fully saturated rings. The van der Waals surface area contributed by atoms with E-state index in [4.69, 9.17) is 4.74 Å². The highest BCUT2D eigenvalue weighted by Crippen LogP contribution is 2.44. The van der Waals surface area contributed by atoms with E-state index in [1.807, 2.05) is 6.92 Å². The van der Waals surface area contributed by atoms with Gasteiger partial charge in [-0.15, -0.1) is 0 Å². The third-order valence-corrected chi connectivity index (χ3v) is 8.48. The van der Waals surface area contributed by atoms with Crippen LogP contribution in [-0.4, -0.2) is 52.6 Å². The van der Waals surface area contributed by atoms with Crippen molar-refractivity contribution < 1.29 is 19.7 Å². The molecular formula is C26H49NO4. The third-order valence-electron chi connectivity index (χ3n) is 8.48. The zero-order valence-corrected chi connectivity index (χ0v) is 21.1. The maximum absolute atomic E-state index is 13.8. The number of likely N-dealkylation sites (N-methyl/N-ethyl adjacent to an activating group) is 1. The topological polar surface area (TPSA) is 70.0 Å². The van der Waals surface area contributed by atoms with E-state index >= 15 is 0 Å². The summed E-state index contributed by atoms with van der Waals surface area (Å²) in [6.45, 7) is 15.5. The fourth-order valence-electron chi connectivity index (χ4n) is 5.92. The highest BCUT2D eigenvalue weighted by atomic mass is 16.5. The first-order valence-corrected chi connectivity index (χ1v) is 12.8. The number of amides is 1. The zero-order valence-electron chi connectivity index (χ0n) is 21.1. The molecule has 0 aromatic rings. The predicted octanol–water partition coefficient (Wildman–Crippen LogP) is 4.84. The average Bonchev–Trinajstić information content (AvgIpc) is 2.72. The maximum atomic E-state index is 13.8. The van der Waals surface area contributed by atoms with Crippen molar-refractivity contribution in [2.75, 3.05) is 13.2 Å². The van der Waals surface area contributed by atoms with Gasteiger partial charge in [0.15, 0.2) is 6.23 Å². The second-order valence-corrected chi connectivity index (χ2v) is 11.4. The van der Waals surface area contributed by atoms with E-state index in [0.717, 1.165) is 32.1 Å². The number of nitrogens with zero attached hydrogens (tertiary/aromatic N) is 1. The number of hydrogen-bond donors (Lipinski definition) is 2. The van der Waals surface area contributed by atoms with Gasteiger partial charge in [-0.1, -0.05) is 54.4 Å². The molecule has 31 heavy (non-hydrogen) atoms. The summed E-state index contributed by atoms with van der Waals surface area (Å²) in [4.78, 5) is 15.5. The van der Waals surface area contributed by atoms with Gasteiger partial charge in [0.1, 0.15) is 6.10 Å². The van der Waals surface area contributed by atoms with E-state index in [1.54, 1.807) is 4.90 Å². The van der Waals surface area contributed by atoms with Crippen molar-refractivity contribution in [2.45, 2.75) is 112 Å². The number of ether oxygens (including phenoxy) is 1. The van der Waals surface area contributed by atoms with E-state index in [9.17, 15) is 15.0 Å². The molecule has 0 bridgehead atoms. The summed E-state index contributed by atoms with van der Waals surface area (Å²) in [5.41, 5.74) is 0.209. The van der Waals surface area contributed by atoms with E-state index in [0.29, 0.717) is 30.2 Å². The Hall–Kier alpha value is -0.650. The lowest BCUT2D eigenvalue weighted by Crippen LogP contribution is -2.55. The molecule has 2 aliphatic carbocycles. The Morgan fingerprint density at radius 1 is 1.19 bits per heavy atom. The van der Waals surface area contributed by atoms with Crippen LogP contribution in [0.15, 0.2) is 0 Å². The van der Waals surface area contributed by atoms with Gasteiger partial charge in [-0.05, 0) is 68.1 Å². The highest BCUT2D eigenvalue weighted by molar-refractivity contribution is 5.79. The van der Waals surface area contributed by atoms with Crippen molar-refractivity contribution in [1.29, 1.82) is 0 Å². The molecule has 0 aromatic carbocycles. The minimum atomic E-state index is -1.09. The van der Waals surface area contributed by atoms with Gasteiger partial charge in [0.2, 0.25) is 5.91 Å². The van der Waals surface area contributed by atoms with Gasteiger partial charge in [-0.3, -0.25) is 4.79 Å². The Balaban J connectivity index is 2.23. The van der Waals surface area contributed by atoms with Gasteiger partial charge in [-0.2, -0.15) is 0 Å². The number of hydrogen-bond acceptors (Lipinski definition) is 4. The van der Waals surface area contributed by atoms with Gasteiger partial charge in [-0.25, -0.2) is 0 Å². The molecule has 7 unspecified atom stereocenters. The van der Waals surface area contributed by atoms with Gasteiger partial charge in [0, 0.05) is 12.5 Å². The Morgan fingerprint density at radius 2 is 1.87 bits per heavy atom. The lowest BCUT2D eigenvalue weighted by molar-refractivity contribution is -0.191. The van der Waals surface area contributed by atoms with Crippen LogP contribution in [0, 0.1) is 35.0 Å². The molecule has 0 spiro atoms. The van der Waals surface area contributed by atoms with Gasteiger partial charge in [0.25, 0.3) is 0 Å². The Bertz CT molecular complexity index is 566. The summed E-state index contributed by atoms with van der Waals surface area (Å²) in [6.07, 6.45) is 5.43. The SMILES string of the molecule is CCN(C(=O)C1CC(C)CCC1C(C)C)C(OC1CCCC(C)(C(C)C)C1)C(O)CO. The molecule has 7 atom stereocenters. The fourth-order valence-corrected chi connectivity index (χ4v) is 5.92. The molecule has 2 N–H and O–H groups in total. The van der Waals surface area contributed by atoms with Gasteiger partial charge in [0.05, 0.1) is 12.7 Å². The van der Waals surface area contributed by atoms with Crippen molar-refractivity contribution in [3.05, 3.63) is 0 Å². The number of carbonyl (C=O) groups is 1. The molecule has 2 rings (SSSR count). The first kappa shape index (κ1) is 26.6. The van der Waals surface area contributed by atoms with Crippen LogP contribution in [0.25, 0.3) is 0 Å². The van der Waals surface area contributed by atoms with Crippen LogP contribution in [0.1, 0.15) is 93.4 Å². The van der Waals surface area contributed by atoms with Gasteiger partial charge < -0.3 is 19.8 Å². The lowest BCUT2D eigenvalue weighted by atomic mass is 9.67. The first-order valence-electron chi connectivity index (χ1n) is 12.8. The van der Waals surface area contributed by atoms with Crippen molar-refractivity contribution in [3.8, 4) is 0 Å². The second-order valence-electron chi connectivity index (χ2n) is 11.4. The third kappa shape index (κ3) is 6.45. The molecule has 0 aromatic heterocycles. The van der Waals surface area contributed by atoms with Crippen LogP contribution in [0.3, 0.4) is 0 Å². The molecule has 182 valence electrons. The van der Waals surface area contributed by atoms with E-state index < -0.39 is 18.9 Å². The molecule has 0 saturated heterocycles. The van der Waals surface area contributed by atoms with E-state index in [2.05, 4.69) is 41.5 Å². The summed E-state index contributed by atoms with van der Waals surface area (Å²) in [7, 11) is 0. The first-order chi connectivity index (χ1) is 14.5. The smallest absolute Gasteiger partial charge is 0.228 e. The maximum Gasteiger partial charge on any atom is 0.228 e. The minimum absolute atomic E-state index is 0.000347. The van der Waals surface area contributed by atoms with Crippen molar-refractivity contribution in [3.63, 3.8) is 0 Å². The summed E-state index contributed by atoms with van der Waals surface area (Å²) in [6, 6.07) is 0. The van der Waals surface area contributed by atoms with Gasteiger partial charge >= 0.3 is 0 Å². The van der Waals surface area contributed by atoms with Crippen LogP contribution < -0.4 is 0 Å². The van der Waals surface area contributed by atoms with Crippen LogP contribution >= 0.6 is 0 Å². The fraction of sp³-hybridized carbons (Fsp3) is 0.962. The molecule has 5 heteroatoms. The highest BCUT2D eigenvalue weighted by Gasteiger charge is 2.42. The molecule has 0 heterocycles. The molecule has 5 nitrogen and oxygen atoms in total. The zero-order chi connectivity index (χ0) is 23.3. The molecule has 2 aliphatic rings. The number of rotatable bonds is 9. The summed E-state index contributed by atoms with van der Waals surface area (Å²) >= 11 is 0. The molecule has 2 saturated carbocycles. The monoisotopic (exact) mass is 439 g/mol. The summed E-state index contributed by atoms with van der Waals surface area (Å²) < 4.78 is 6.47. The Labute approximate surface area is 190 Å². The van der Waals surface area contributed by atoms with Crippen molar-refractivity contribution in [1.82, 2.24) is 4.90 Å². The van der Waals surface area contributed by atoms with Crippen molar-refractivity contribution >= 4 is 5.91 Å². The van der Waals surface area contributed by atoms with E-state index in [1.165, 1.54) is 12.8 Å². The molecule has 0 aliphatic heterocycles.